The van der Waals surface area contributed by atoms with E-state index in [9.17, 15) is 14.7 Å². The van der Waals surface area contributed by atoms with Crippen molar-refractivity contribution in [2.75, 3.05) is 7.11 Å². The topological polar surface area (TPSA) is 97.8 Å². The molecule has 0 radical (unpaired) electrons. The average Bonchev–Trinajstić information content (AvgIpc) is 2.68. The number of halogens is 1. The van der Waals surface area contributed by atoms with Gasteiger partial charge < -0.3 is 19.9 Å². The number of pyridine rings is 1. The number of amides is 1. The Kier molecular flexibility index (Phi) is 6.51. The molecule has 8 heteroatoms. The van der Waals surface area contributed by atoms with Gasteiger partial charge in [0.25, 0.3) is 5.91 Å². The van der Waals surface area contributed by atoms with Gasteiger partial charge in [-0.15, -0.1) is 0 Å². The van der Waals surface area contributed by atoms with Crippen molar-refractivity contribution in [1.29, 1.82) is 0 Å². The normalized spacial score (nSPS) is 16.7. The fourth-order valence-electron chi connectivity index (χ4n) is 3.75. The lowest BCUT2D eigenvalue weighted by molar-refractivity contribution is -0.156. The van der Waals surface area contributed by atoms with Crippen LogP contribution in [0.5, 0.6) is 11.5 Å². The van der Waals surface area contributed by atoms with Crippen LogP contribution in [0, 0.1) is 0 Å². The molecule has 0 saturated heterocycles. The van der Waals surface area contributed by atoms with Crippen LogP contribution in [0.4, 0.5) is 0 Å². The van der Waals surface area contributed by atoms with Crippen LogP contribution in [0.1, 0.15) is 49.2 Å². The van der Waals surface area contributed by atoms with Crippen LogP contribution in [0.2, 0.25) is 5.02 Å². The highest BCUT2D eigenvalue weighted by atomic mass is 35.5. The van der Waals surface area contributed by atoms with Crippen LogP contribution in [0.3, 0.4) is 0 Å². The summed E-state index contributed by atoms with van der Waals surface area (Å²) in [4.78, 5) is 28.9. The van der Waals surface area contributed by atoms with Gasteiger partial charge in [-0.2, -0.15) is 0 Å². The fourth-order valence-corrected chi connectivity index (χ4v) is 3.88. The third-order valence-corrected chi connectivity index (χ3v) is 6.01. The number of esters is 1. The van der Waals surface area contributed by atoms with E-state index in [0.29, 0.717) is 5.02 Å². The number of rotatable bonds is 7. The SMILES string of the molecule is COc1ccnc(C(=O)NC(C)C(=O)OC(C)C2(c3ccc(Cl)cc3)CCC2)c1O. The van der Waals surface area contributed by atoms with Crippen molar-refractivity contribution in [3.63, 3.8) is 0 Å². The molecule has 2 atom stereocenters. The van der Waals surface area contributed by atoms with Crippen molar-refractivity contribution in [3.05, 3.63) is 52.8 Å². The zero-order valence-electron chi connectivity index (χ0n) is 17.1. The summed E-state index contributed by atoms with van der Waals surface area (Å²) < 4.78 is 10.7. The maximum Gasteiger partial charge on any atom is 0.328 e. The Morgan fingerprint density at radius 2 is 1.87 bits per heavy atom. The summed E-state index contributed by atoms with van der Waals surface area (Å²) in [6, 6.07) is 8.11. The van der Waals surface area contributed by atoms with Gasteiger partial charge in [0.15, 0.2) is 17.2 Å². The van der Waals surface area contributed by atoms with Gasteiger partial charge in [-0.1, -0.05) is 30.2 Å². The number of nitrogens with zero attached hydrogens (tertiary/aromatic N) is 1. The number of carbonyl (C=O) groups excluding carboxylic acids is 2. The molecule has 2 N–H and O–H groups in total. The molecule has 1 aromatic carbocycles. The second-order valence-corrected chi connectivity index (χ2v) is 7.94. The third kappa shape index (κ3) is 4.21. The van der Waals surface area contributed by atoms with E-state index < -0.39 is 17.9 Å². The summed E-state index contributed by atoms with van der Waals surface area (Å²) in [5.74, 6) is -1.52. The van der Waals surface area contributed by atoms with Gasteiger partial charge in [0.1, 0.15) is 12.1 Å². The molecule has 3 rings (SSSR count). The first-order valence-electron chi connectivity index (χ1n) is 9.78. The molecule has 0 spiro atoms. The Hall–Kier alpha value is -2.80. The summed E-state index contributed by atoms with van der Waals surface area (Å²) in [7, 11) is 1.37. The van der Waals surface area contributed by atoms with Crippen molar-refractivity contribution in [1.82, 2.24) is 10.3 Å². The van der Waals surface area contributed by atoms with E-state index in [2.05, 4.69) is 10.3 Å². The van der Waals surface area contributed by atoms with Gasteiger partial charge in [-0.05, 0) is 44.4 Å². The van der Waals surface area contributed by atoms with Gasteiger partial charge in [-0.3, -0.25) is 4.79 Å². The number of hydrogen-bond donors (Lipinski definition) is 2. The fraction of sp³-hybridized carbons (Fsp3) is 0.409. The van der Waals surface area contributed by atoms with E-state index in [1.54, 1.807) is 0 Å². The second-order valence-electron chi connectivity index (χ2n) is 7.50. The highest BCUT2D eigenvalue weighted by Gasteiger charge is 2.45. The van der Waals surface area contributed by atoms with Crippen LogP contribution in [-0.4, -0.2) is 41.2 Å². The molecule has 1 saturated carbocycles. The number of carbonyl (C=O) groups is 2. The average molecular weight is 433 g/mol. The molecule has 0 aliphatic heterocycles. The highest BCUT2D eigenvalue weighted by molar-refractivity contribution is 6.30. The summed E-state index contributed by atoms with van der Waals surface area (Å²) in [6.45, 7) is 3.40. The van der Waals surface area contributed by atoms with Gasteiger partial charge >= 0.3 is 5.97 Å². The Morgan fingerprint density at radius 3 is 2.43 bits per heavy atom. The maximum absolute atomic E-state index is 12.6. The van der Waals surface area contributed by atoms with Crippen LogP contribution >= 0.6 is 11.6 Å². The van der Waals surface area contributed by atoms with E-state index in [4.69, 9.17) is 21.1 Å². The zero-order chi connectivity index (χ0) is 21.9. The van der Waals surface area contributed by atoms with Crippen LogP contribution in [0.15, 0.2) is 36.5 Å². The number of hydrogen-bond acceptors (Lipinski definition) is 6. The number of nitrogens with one attached hydrogen (secondary N) is 1. The van der Waals surface area contributed by atoms with E-state index in [1.165, 1.54) is 26.3 Å². The van der Waals surface area contributed by atoms with Crippen molar-refractivity contribution in [3.8, 4) is 11.5 Å². The van der Waals surface area contributed by atoms with Crippen LogP contribution in [-0.2, 0) is 14.9 Å². The molecule has 1 aromatic heterocycles. The lowest BCUT2D eigenvalue weighted by Crippen LogP contribution is -2.49. The number of benzene rings is 1. The van der Waals surface area contributed by atoms with Crippen molar-refractivity contribution in [2.45, 2.75) is 50.7 Å². The lowest BCUT2D eigenvalue weighted by Gasteiger charge is -2.46. The second kappa shape index (κ2) is 8.92. The van der Waals surface area contributed by atoms with E-state index in [0.717, 1.165) is 24.8 Å². The van der Waals surface area contributed by atoms with Crippen molar-refractivity contribution >= 4 is 23.5 Å². The lowest BCUT2D eigenvalue weighted by atomic mass is 9.61. The minimum Gasteiger partial charge on any atom is -0.503 e. The summed E-state index contributed by atoms with van der Waals surface area (Å²) in [5.41, 5.74) is 0.607. The van der Waals surface area contributed by atoms with E-state index in [1.807, 2.05) is 31.2 Å². The zero-order valence-corrected chi connectivity index (χ0v) is 17.9. The molecule has 1 fully saturated rings. The predicted octanol–water partition coefficient (Wildman–Crippen LogP) is 3.62. The monoisotopic (exact) mass is 432 g/mol. The molecule has 2 unspecified atom stereocenters. The van der Waals surface area contributed by atoms with Gasteiger partial charge in [0.2, 0.25) is 0 Å². The van der Waals surface area contributed by atoms with E-state index >= 15 is 0 Å². The minimum absolute atomic E-state index is 0.119. The van der Waals surface area contributed by atoms with Crippen molar-refractivity contribution in [2.24, 2.45) is 0 Å². The molecule has 1 aliphatic carbocycles. The molecule has 30 heavy (non-hydrogen) atoms. The quantitative estimate of drug-likeness (QED) is 0.648. The number of methoxy groups -OCH3 is 1. The smallest absolute Gasteiger partial charge is 0.328 e. The maximum atomic E-state index is 12.6. The standard InChI is InChI=1S/C22H25ClN2O5/c1-13(25-20(27)18-19(26)17(29-3)9-12-24-18)21(28)30-14(2)22(10-4-11-22)15-5-7-16(23)8-6-15/h5-9,12-14,26H,4,10-11H2,1-3H3,(H,25,27). The first kappa shape index (κ1) is 21.9. The first-order chi connectivity index (χ1) is 14.3. The Bertz CT molecular complexity index is 928. The summed E-state index contributed by atoms with van der Waals surface area (Å²) in [5, 5.41) is 13.2. The van der Waals surface area contributed by atoms with Gasteiger partial charge in [0.05, 0.1) is 7.11 Å². The molecular weight excluding hydrogens is 408 g/mol. The van der Waals surface area contributed by atoms with Crippen LogP contribution < -0.4 is 10.1 Å². The van der Waals surface area contributed by atoms with E-state index in [-0.39, 0.29) is 28.7 Å². The molecule has 2 aromatic rings. The number of aromatic hydroxyl groups is 1. The minimum atomic E-state index is -0.922. The Balaban J connectivity index is 1.66. The number of ether oxygens (including phenoxy) is 2. The molecule has 1 heterocycles. The molecule has 1 amide bonds. The van der Waals surface area contributed by atoms with Crippen LogP contribution in [0.25, 0.3) is 0 Å². The first-order valence-corrected chi connectivity index (χ1v) is 10.2. The molecule has 160 valence electrons. The van der Waals surface area contributed by atoms with Gasteiger partial charge in [0, 0.05) is 22.7 Å². The predicted molar refractivity (Wildman–Crippen MR) is 112 cm³/mol. The Labute approximate surface area is 180 Å². The molecule has 0 bridgehead atoms. The summed E-state index contributed by atoms with van der Waals surface area (Å²) in [6.07, 6.45) is 3.84. The molecule has 1 aliphatic rings. The third-order valence-electron chi connectivity index (χ3n) is 5.76. The largest absolute Gasteiger partial charge is 0.503 e. The summed E-state index contributed by atoms with van der Waals surface area (Å²) >= 11 is 6.00. The van der Waals surface area contributed by atoms with Gasteiger partial charge in [-0.25, -0.2) is 9.78 Å². The van der Waals surface area contributed by atoms with Crippen molar-refractivity contribution < 1.29 is 24.2 Å². The Morgan fingerprint density at radius 1 is 1.20 bits per heavy atom. The number of aromatic nitrogens is 1. The molecular formula is C22H25ClN2O5. The highest BCUT2D eigenvalue weighted by Crippen LogP contribution is 2.47. The molecule has 7 nitrogen and oxygen atoms in total.